The highest BCUT2D eigenvalue weighted by atomic mass is 19.1. The van der Waals surface area contributed by atoms with E-state index in [1.807, 2.05) is 19.0 Å². The number of carbonyl (C=O) groups excluding carboxylic acids is 4. The minimum atomic E-state index is -1.43. The maximum atomic E-state index is 13.3. The Morgan fingerprint density at radius 2 is 1.72 bits per heavy atom. The number of likely N-dealkylation sites (N-methyl/N-ethyl adjacent to an activating group) is 1. The number of ether oxygens (including phenoxy) is 1. The van der Waals surface area contributed by atoms with Gasteiger partial charge in [0.25, 0.3) is 5.91 Å². The number of nitrogens with one attached hydrogen (secondary N) is 1. The summed E-state index contributed by atoms with van der Waals surface area (Å²) in [6.07, 6.45) is 0. The number of halogens is 1. The molecule has 1 heterocycles. The van der Waals surface area contributed by atoms with E-state index in [2.05, 4.69) is 5.32 Å². The molecule has 1 unspecified atom stereocenters. The van der Waals surface area contributed by atoms with Gasteiger partial charge in [-0.05, 0) is 59.5 Å². The summed E-state index contributed by atoms with van der Waals surface area (Å²) in [5.41, 5.74) is -1.75. The number of benzene rings is 1. The SMILES string of the molecule is CN(C)CCN(CC(=O)OC(C)(C)C)C(=O)CN1C(=O)NC(C)(c2ccc(F)cc2)C1=O. The van der Waals surface area contributed by atoms with E-state index in [-0.39, 0.29) is 13.1 Å². The van der Waals surface area contributed by atoms with Crippen molar-refractivity contribution in [1.82, 2.24) is 20.0 Å². The summed E-state index contributed by atoms with van der Waals surface area (Å²) in [5, 5.41) is 2.58. The molecule has 32 heavy (non-hydrogen) atoms. The second-order valence-electron chi connectivity index (χ2n) is 9.16. The summed E-state index contributed by atoms with van der Waals surface area (Å²) in [7, 11) is 3.64. The number of hydrogen-bond acceptors (Lipinski definition) is 6. The molecule has 2 rings (SSSR count). The van der Waals surface area contributed by atoms with Crippen molar-refractivity contribution in [1.29, 1.82) is 0 Å². The fourth-order valence-corrected chi connectivity index (χ4v) is 3.20. The molecule has 0 bridgehead atoms. The average Bonchev–Trinajstić information content (AvgIpc) is 2.87. The van der Waals surface area contributed by atoms with E-state index >= 15 is 0 Å². The van der Waals surface area contributed by atoms with E-state index in [9.17, 15) is 23.6 Å². The lowest BCUT2D eigenvalue weighted by Crippen LogP contribution is -2.48. The molecule has 1 aromatic rings. The first kappa shape index (κ1) is 25.3. The molecule has 9 nitrogen and oxygen atoms in total. The van der Waals surface area contributed by atoms with E-state index in [0.717, 1.165) is 4.90 Å². The molecule has 1 aliphatic heterocycles. The molecule has 1 atom stereocenters. The number of amides is 4. The number of rotatable bonds is 8. The summed E-state index contributed by atoms with van der Waals surface area (Å²) in [4.78, 5) is 54.7. The fraction of sp³-hybridized carbons (Fsp3) is 0.545. The van der Waals surface area contributed by atoms with Gasteiger partial charge in [-0.1, -0.05) is 12.1 Å². The number of nitrogens with zero attached hydrogens (tertiary/aromatic N) is 3. The lowest BCUT2D eigenvalue weighted by Gasteiger charge is -2.27. The first-order valence-electron chi connectivity index (χ1n) is 10.3. The van der Waals surface area contributed by atoms with Gasteiger partial charge in [-0.2, -0.15) is 0 Å². The van der Waals surface area contributed by atoms with Crippen molar-refractivity contribution in [2.75, 3.05) is 40.3 Å². The van der Waals surface area contributed by atoms with Crippen molar-refractivity contribution >= 4 is 23.8 Å². The Morgan fingerprint density at radius 1 is 1.12 bits per heavy atom. The predicted molar refractivity (Wildman–Crippen MR) is 115 cm³/mol. The third kappa shape index (κ3) is 6.25. The molecule has 1 N–H and O–H groups in total. The molecular weight excluding hydrogens is 419 g/mol. The molecule has 176 valence electrons. The monoisotopic (exact) mass is 450 g/mol. The number of hydrogen-bond donors (Lipinski definition) is 1. The highest BCUT2D eigenvalue weighted by molar-refractivity contribution is 6.09. The Labute approximate surface area is 187 Å². The summed E-state index contributed by atoms with van der Waals surface area (Å²) in [6, 6.07) is 4.46. The molecular formula is C22H31FN4O5. The van der Waals surface area contributed by atoms with Gasteiger partial charge in [-0.25, -0.2) is 9.18 Å². The Bertz CT molecular complexity index is 881. The average molecular weight is 451 g/mol. The van der Waals surface area contributed by atoms with E-state index in [4.69, 9.17) is 4.74 Å². The molecule has 0 radical (unpaired) electrons. The van der Waals surface area contributed by atoms with Crippen LogP contribution in [0.2, 0.25) is 0 Å². The zero-order valence-corrected chi connectivity index (χ0v) is 19.4. The maximum absolute atomic E-state index is 13.3. The van der Waals surface area contributed by atoms with Crippen LogP contribution in [0, 0.1) is 5.82 Å². The third-order valence-corrected chi connectivity index (χ3v) is 4.90. The van der Waals surface area contributed by atoms with Crippen molar-refractivity contribution in [3.05, 3.63) is 35.6 Å². The number of carbonyl (C=O) groups is 4. The largest absolute Gasteiger partial charge is 0.459 e. The number of imide groups is 1. The van der Waals surface area contributed by atoms with Gasteiger partial charge in [0.15, 0.2) is 0 Å². The molecule has 10 heteroatoms. The van der Waals surface area contributed by atoms with Crippen LogP contribution in [0.4, 0.5) is 9.18 Å². The summed E-state index contributed by atoms with van der Waals surface area (Å²) < 4.78 is 18.6. The molecule has 1 saturated heterocycles. The molecule has 0 aliphatic carbocycles. The highest BCUT2D eigenvalue weighted by Gasteiger charge is 2.49. The lowest BCUT2D eigenvalue weighted by molar-refractivity contribution is -0.159. The topological polar surface area (TPSA) is 99.3 Å². The molecule has 4 amide bonds. The first-order valence-corrected chi connectivity index (χ1v) is 10.3. The summed E-state index contributed by atoms with van der Waals surface area (Å²) in [6.45, 7) is 6.52. The van der Waals surface area contributed by atoms with Gasteiger partial charge >= 0.3 is 12.0 Å². The Hall–Kier alpha value is -3.01. The predicted octanol–water partition coefficient (Wildman–Crippen LogP) is 1.32. The first-order chi connectivity index (χ1) is 14.7. The van der Waals surface area contributed by atoms with Gasteiger partial charge in [0.05, 0.1) is 0 Å². The van der Waals surface area contributed by atoms with Crippen molar-refractivity contribution in [3.63, 3.8) is 0 Å². The maximum Gasteiger partial charge on any atom is 0.326 e. The van der Waals surface area contributed by atoms with Crippen LogP contribution in [-0.2, 0) is 24.7 Å². The van der Waals surface area contributed by atoms with Crippen LogP contribution in [0.15, 0.2) is 24.3 Å². The van der Waals surface area contributed by atoms with E-state index in [0.29, 0.717) is 12.1 Å². The van der Waals surface area contributed by atoms with Crippen molar-refractivity contribution in [2.24, 2.45) is 0 Å². The normalized spacial score (nSPS) is 18.7. The second-order valence-corrected chi connectivity index (χ2v) is 9.16. The number of urea groups is 1. The van der Waals surface area contributed by atoms with Crippen LogP contribution < -0.4 is 5.32 Å². The van der Waals surface area contributed by atoms with E-state index < -0.39 is 47.3 Å². The molecule has 0 spiro atoms. The minimum absolute atomic E-state index is 0.212. The van der Waals surface area contributed by atoms with Gasteiger partial charge in [0.1, 0.15) is 30.0 Å². The summed E-state index contributed by atoms with van der Waals surface area (Å²) >= 11 is 0. The van der Waals surface area contributed by atoms with E-state index in [1.165, 1.54) is 36.1 Å². The van der Waals surface area contributed by atoms with Gasteiger partial charge in [0, 0.05) is 13.1 Å². The Morgan fingerprint density at radius 3 is 2.25 bits per heavy atom. The quantitative estimate of drug-likeness (QED) is 0.474. The lowest BCUT2D eigenvalue weighted by atomic mass is 9.92. The van der Waals surface area contributed by atoms with Crippen LogP contribution in [0.3, 0.4) is 0 Å². The van der Waals surface area contributed by atoms with Crippen molar-refractivity contribution < 1.29 is 28.3 Å². The van der Waals surface area contributed by atoms with Crippen LogP contribution in [0.1, 0.15) is 33.3 Å². The fourth-order valence-electron chi connectivity index (χ4n) is 3.20. The summed E-state index contributed by atoms with van der Waals surface area (Å²) in [5.74, 6) is -2.25. The van der Waals surface area contributed by atoms with E-state index in [1.54, 1.807) is 20.8 Å². The van der Waals surface area contributed by atoms with Gasteiger partial charge in [-0.3, -0.25) is 19.3 Å². The Kier molecular flexibility index (Phi) is 7.61. The van der Waals surface area contributed by atoms with Crippen molar-refractivity contribution in [2.45, 2.75) is 38.8 Å². The van der Waals surface area contributed by atoms with Crippen LogP contribution in [-0.4, -0.2) is 84.4 Å². The van der Waals surface area contributed by atoms with Crippen molar-refractivity contribution in [3.8, 4) is 0 Å². The van der Waals surface area contributed by atoms with Gasteiger partial charge < -0.3 is 19.9 Å². The van der Waals surface area contributed by atoms with Crippen LogP contribution in [0.25, 0.3) is 0 Å². The molecule has 0 saturated carbocycles. The van der Waals surface area contributed by atoms with Crippen LogP contribution in [0.5, 0.6) is 0 Å². The van der Waals surface area contributed by atoms with Gasteiger partial charge in [-0.15, -0.1) is 0 Å². The molecule has 1 aliphatic rings. The highest BCUT2D eigenvalue weighted by Crippen LogP contribution is 2.29. The molecule has 1 fully saturated rings. The smallest absolute Gasteiger partial charge is 0.326 e. The van der Waals surface area contributed by atoms with Gasteiger partial charge in [0.2, 0.25) is 5.91 Å². The zero-order chi connectivity index (χ0) is 24.3. The van der Waals surface area contributed by atoms with Crippen LogP contribution >= 0.6 is 0 Å². The zero-order valence-electron chi connectivity index (χ0n) is 19.4. The number of esters is 1. The standard InChI is InChI=1S/C22H31FN4O5/c1-21(2,3)32-18(29)14-26(12-11-25(5)6)17(28)13-27-19(30)22(4,24-20(27)31)15-7-9-16(23)10-8-15/h7-10H,11-14H2,1-6H3,(H,24,31). The minimum Gasteiger partial charge on any atom is -0.459 e. The second kappa shape index (κ2) is 9.64. The third-order valence-electron chi connectivity index (χ3n) is 4.90. The molecule has 0 aromatic heterocycles. The molecule has 1 aromatic carbocycles. The Balaban J connectivity index is 2.16.